The van der Waals surface area contributed by atoms with Gasteiger partial charge in [0.1, 0.15) is 6.10 Å². The van der Waals surface area contributed by atoms with Crippen molar-refractivity contribution < 1.29 is 14.3 Å². The van der Waals surface area contributed by atoms with Gasteiger partial charge in [-0.2, -0.15) is 0 Å². The number of benzene rings is 2. The van der Waals surface area contributed by atoms with E-state index < -0.39 is 0 Å². The Bertz CT molecular complexity index is 854. The first-order valence-electron chi connectivity index (χ1n) is 10.8. The minimum atomic E-state index is -0.0859. The van der Waals surface area contributed by atoms with Crippen LogP contribution in [0.2, 0.25) is 0 Å². The van der Waals surface area contributed by atoms with Crippen LogP contribution in [0.1, 0.15) is 39.2 Å². The molecule has 1 amide bonds. The summed E-state index contributed by atoms with van der Waals surface area (Å²) in [5.74, 6) is 2.16. The average Bonchev–Trinajstić information content (AvgIpc) is 2.76. The topological polar surface area (TPSA) is 84.0 Å². The van der Waals surface area contributed by atoms with E-state index >= 15 is 0 Å². The Labute approximate surface area is 185 Å². The zero-order chi connectivity index (χ0) is 22.5. The van der Waals surface area contributed by atoms with Crippen molar-refractivity contribution in [3.63, 3.8) is 0 Å². The minimum absolute atomic E-state index is 0.0298. The van der Waals surface area contributed by atoms with Gasteiger partial charge in [0, 0.05) is 18.7 Å². The number of rotatable bonds is 11. The van der Waals surface area contributed by atoms with Crippen molar-refractivity contribution in [2.75, 3.05) is 25.5 Å². The van der Waals surface area contributed by atoms with E-state index in [1.165, 1.54) is 0 Å². The van der Waals surface area contributed by atoms with Crippen LogP contribution in [0.25, 0.3) is 0 Å². The summed E-state index contributed by atoms with van der Waals surface area (Å²) in [6.45, 7) is 7.83. The van der Waals surface area contributed by atoms with Gasteiger partial charge >= 0.3 is 0 Å². The summed E-state index contributed by atoms with van der Waals surface area (Å²) in [5, 5.41) is 9.49. The molecule has 2 aromatic carbocycles. The molecule has 0 aliphatic carbocycles. The van der Waals surface area contributed by atoms with Gasteiger partial charge in [0.2, 0.25) is 5.91 Å². The second-order valence-electron chi connectivity index (χ2n) is 7.15. The first-order chi connectivity index (χ1) is 15.0. The quantitative estimate of drug-likeness (QED) is 0.374. The maximum atomic E-state index is 11.8. The molecule has 0 aliphatic rings. The Balaban J connectivity index is 1.93. The van der Waals surface area contributed by atoms with E-state index in [2.05, 4.69) is 20.9 Å². The van der Waals surface area contributed by atoms with Crippen LogP contribution in [-0.2, 0) is 11.3 Å². The molecule has 0 aromatic heterocycles. The second kappa shape index (κ2) is 13.2. The molecule has 0 spiro atoms. The number of amides is 1. The number of hydrogen-bond acceptors (Lipinski definition) is 4. The van der Waals surface area contributed by atoms with Crippen LogP contribution in [0, 0.1) is 0 Å². The zero-order valence-electron chi connectivity index (χ0n) is 18.9. The van der Waals surface area contributed by atoms with Gasteiger partial charge in [-0.25, -0.2) is 4.99 Å². The number of hydrogen-bond donors (Lipinski definition) is 3. The summed E-state index contributed by atoms with van der Waals surface area (Å²) < 4.78 is 11.3. The van der Waals surface area contributed by atoms with Crippen molar-refractivity contribution in [2.24, 2.45) is 4.99 Å². The molecule has 0 saturated carbocycles. The number of nitrogens with zero attached hydrogens (tertiary/aromatic N) is 1. The molecule has 0 radical (unpaired) electrons. The van der Waals surface area contributed by atoms with Crippen molar-refractivity contribution >= 4 is 17.6 Å². The number of aliphatic imine (C=N–C) groups is 1. The largest absolute Gasteiger partial charge is 0.493 e. The van der Waals surface area contributed by atoms with Gasteiger partial charge in [0.05, 0.1) is 20.2 Å². The lowest BCUT2D eigenvalue weighted by Crippen LogP contribution is -2.41. The lowest BCUT2D eigenvalue weighted by atomic mass is 10.2. The number of carbonyl (C=O) groups excluding carboxylic acids is 1. The zero-order valence-corrected chi connectivity index (χ0v) is 18.9. The second-order valence-corrected chi connectivity index (χ2v) is 7.15. The molecule has 2 rings (SSSR count). The number of ether oxygens (including phenoxy) is 2. The minimum Gasteiger partial charge on any atom is -0.493 e. The molecule has 0 bridgehead atoms. The van der Waals surface area contributed by atoms with Crippen molar-refractivity contribution in [1.29, 1.82) is 0 Å². The Morgan fingerprint density at radius 2 is 1.84 bits per heavy atom. The van der Waals surface area contributed by atoms with Crippen LogP contribution in [-0.4, -0.2) is 38.2 Å². The number of guanidine groups is 1. The SMILES string of the molecule is CCCC(=O)Nc1cccc(CN=C(NCC)NCC(C)Oc2ccccc2OC)c1. The highest BCUT2D eigenvalue weighted by Gasteiger charge is 2.09. The molecular formula is C24H34N4O3. The van der Waals surface area contributed by atoms with Crippen LogP contribution >= 0.6 is 0 Å². The monoisotopic (exact) mass is 426 g/mol. The highest BCUT2D eigenvalue weighted by atomic mass is 16.5. The number of anilines is 1. The highest BCUT2D eigenvalue weighted by molar-refractivity contribution is 5.90. The maximum absolute atomic E-state index is 11.8. The molecule has 7 nitrogen and oxygen atoms in total. The molecule has 31 heavy (non-hydrogen) atoms. The van der Waals surface area contributed by atoms with E-state index in [0.29, 0.717) is 37.0 Å². The summed E-state index contributed by atoms with van der Waals surface area (Å²) in [6.07, 6.45) is 1.26. The van der Waals surface area contributed by atoms with Crippen LogP contribution in [0.5, 0.6) is 11.5 Å². The standard InChI is InChI=1S/C24H34N4O3/c1-5-10-23(29)28-20-12-9-11-19(15-20)17-27-24(25-6-2)26-16-18(3)31-22-14-8-7-13-21(22)30-4/h7-9,11-15,18H,5-6,10,16-17H2,1-4H3,(H,28,29)(H2,25,26,27). The lowest BCUT2D eigenvalue weighted by Gasteiger charge is -2.19. The Morgan fingerprint density at radius 1 is 1.06 bits per heavy atom. The van der Waals surface area contributed by atoms with E-state index in [1.54, 1.807) is 7.11 Å². The molecule has 0 heterocycles. The fourth-order valence-corrected chi connectivity index (χ4v) is 2.93. The predicted molar refractivity (Wildman–Crippen MR) is 126 cm³/mol. The van der Waals surface area contributed by atoms with Crippen molar-refractivity contribution in [2.45, 2.75) is 46.3 Å². The normalized spacial score (nSPS) is 12.1. The fraction of sp³-hybridized carbons (Fsp3) is 0.417. The molecule has 1 atom stereocenters. The molecule has 1 unspecified atom stereocenters. The Hall–Kier alpha value is -3.22. The number of nitrogens with one attached hydrogen (secondary N) is 3. The third-order valence-electron chi connectivity index (χ3n) is 4.41. The predicted octanol–water partition coefficient (Wildman–Crippen LogP) is 3.96. The molecule has 3 N–H and O–H groups in total. The summed E-state index contributed by atoms with van der Waals surface area (Å²) in [6, 6.07) is 15.4. The first kappa shape index (κ1) is 24.1. The van der Waals surface area contributed by atoms with Gasteiger partial charge in [0.15, 0.2) is 17.5 Å². The Kier molecular flexibility index (Phi) is 10.2. The van der Waals surface area contributed by atoms with E-state index in [-0.39, 0.29) is 12.0 Å². The third-order valence-corrected chi connectivity index (χ3v) is 4.41. The third kappa shape index (κ3) is 8.58. The molecule has 0 fully saturated rings. The van der Waals surface area contributed by atoms with Crippen LogP contribution in [0.4, 0.5) is 5.69 Å². The number of methoxy groups -OCH3 is 1. The molecular weight excluding hydrogens is 392 g/mol. The molecule has 2 aromatic rings. The van der Waals surface area contributed by atoms with Crippen molar-refractivity contribution in [3.05, 3.63) is 54.1 Å². The summed E-state index contributed by atoms with van der Waals surface area (Å²) in [5.41, 5.74) is 1.81. The maximum Gasteiger partial charge on any atom is 0.224 e. The van der Waals surface area contributed by atoms with Gasteiger partial charge in [-0.15, -0.1) is 0 Å². The van der Waals surface area contributed by atoms with Gasteiger partial charge < -0.3 is 25.4 Å². The summed E-state index contributed by atoms with van der Waals surface area (Å²) in [7, 11) is 1.63. The van der Waals surface area contributed by atoms with Gasteiger partial charge in [-0.3, -0.25) is 4.79 Å². The highest BCUT2D eigenvalue weighted by Crippen LogP contribution is 2.26. The van der Waals surface area contributed by atoms with Crippen molar-refractivity contribution in [3.8, 4) is 11.5 Å². The Morgan fingerprint density at radius 3 is 2.55 bits per heavy atom. The van der Waals surface area contributed by atoms with E-state index in [4.69, 9.17) is 9.47 Å². The molecule has 7 heteroatoms. The first-order valence-corrected chi connectivity index (χ1v) is 10.8. The number of para-hydroxylation sites is 2. The van der Waals surface area contributed by atoms with E-state index in [1.807, 2.05) is 69.3 Å². The van der Waals surface area contributed by atoms with Crippen molar-refractivity contribution in [1.82, 2.24) is 10.6 Å². The molecule has 168 valence electrons. The average molecular weight is 427 g/mol. The van der Waals surface area contributed by atoms with E-state index in [9.17, 15) is 4.79 Å². The van der Waals surface area contributed by atoms with Gasteiger partial charge in [-0.05, 0) is 50.1 Å². The van der Waals surface area contributed by atoms with Crippen LogP contribution in [0.3, 0.4) is 0 Å². The fourth-order valence-electron chi connectivity index (χ4n) is 2.93. The summed E-state index contributed by atoms with van der Waals surface area (Å²) in [4.78, 5) is 16.5. The van der Waals surface area contributed by atoms with Gasteiger partial charge in [-0.1, -0.05) is 31.2 Å². The summed E-state index contributed by atoms with van der Waals surface area (Å²) >= 11 is 0. The molecule has 0 saturated heterocycles. The smallest absolute Gasteiger partial charge is 0.224 e. The lowest BCUT2D eigenvalue weighted by molar-refractivity contribution is -0.116. The van der Waals surface area contributed by atoms with Crippen LogP contribution in [0.15, 0.2) is 53.5 Å². The van der Waals surface area contributed by atoms with Gasteiger partial charge in [0.25, 0.3) is 0 Å². The van der Waals surface area contributed by atoms with Crippen LogP contribution < -0.4 is 25.4 Å². The molecule has 0 aliphatic heterocycles. The van der Waals surface area contributed by atoms with E-state index in [0.717, 1.165) is 24.2 Å². The number of carbonyl (C=O) groups is 1.